The molecule has 1 aromatic carbocycles. The van der Waals surface area contributed by atoms with E-state index in [0.717, 1.165) is 43.9 Å². The number of ether oxygens (including phenoxy) is 2. The number of aromatic amines is 1. The lowest BCUT2D eigenvalue weighted by atomic mass is 10.1. The number of benzene rings is 1. The number of morpholine rings is 1. The molecule has 1 fully saturated rings. The van der Waals surface area contributed by atoms with E-state index in [9.17, 15) is 0 Å². The van der Waals surface area contributed by atoms with Gasteiger partial charge in [-0.25, -0.2) is 4.39 Å². The van der Waals surface area contributed by atoms with Gasteiger partial charge in [0.15, 0.2) is 0 Å². The van der Waals surface area contributed by atoms with Crippen molar-refractivity contribution < 1.29 is 13.9 Å². The van der Waals surface area contributed by atoms with Crippen LogP contribution in [0.5, 0.6) is 5.75 Å². The monoisotopic (exact) mass is 527 g/mol. The van der Waals surface area contributed by atoms with Crippen LogP contribution < -0.4 is 4.74 Å². The van der Waals surface area contributed by atoms with Crippen molar-refractivity contribution in [1.29, 1.82) is 0 Å². The number of aromatic nitrogens is 4. The smallest absolute Gasteiger partial charge is 0.134 e. The molecule has 1 saturated heterocycles. The summed E-state index contributed by atoms with van der Waals surface area (Å²) in [7, 11) is 0. The second kappa shape index (κ2) is 10.9. The van der Waals surface area contributed by atoms with Gasteiger partial charge in [0, 0.05) is 60.8 Å². The van der Waals surface area contributed by atoms with Gasteiger partial charge in [-0.3, -0.25) is 20.0 Å². The van der Waals surface area contributed by atoms with Gasteiger partial charge in [0.2, 0.25) is 0 Å². The summed E-state index contributed by atoms with van der Waals surface area (Å²) >= 11 is 12.5. The SMILES string of the molecule is CC(Oc1ccc2n[nH]c(/C=C(\F)c3ccc(CN4CCOCC4)nc3)c2c1)c1c(Cl)cncc1Cl. The quantitative estimate of drug-likeness (QED) is 0.313. The van der Waals surface area contributed by atoms with Gasteiger partial charge >= 0.3 is 0 Å². The summed E-state index contributed by atoms with van der Waals surface area (Å²) in [6, 6.07) is 9.00. The topological polar surface area (TPSA) is 76.2 Å². The summed E-state index contributed by atoms with van der Waals surface area (Å²) in [6.07, 6.45) is 5.60. The van der Waals surface area contributed by atoms with Gasteiger partial charge < -0.3 is 9.47 Å². The highest BCUT2D eigenvalue weighted by Crippen LogP contribution is 2.34. The molecule has 0 radical (unpaired) electrons. The Morgan fingerprint density at radius 3 is 2.67 bits per heavy atom. The van der Waals surface area contributed by atoms with Gasteiger partial charge in [-0.15, -0.1) is 0 Å². The van der Waals surface area contributed by atoms with Crippen molar-refractivity contribution in [1.82, 2.24) is 25.1 Å². The molecule has 1 aliphatic heterocycles. The number of nitrogens with zero attached hydrogens (tertiary/aromatic N) is 4. The molecule has 7 nitrogen and oxygen atoms in total. The standard InChI is InChI=1S/C26H24Cl2FN5O2/c1-16(26-21(27)13-30-14-22(26)28)36-19-4-5-24-20(10-19)25(33-32-24)11-23(29)17-2-3-18(31-12-17)15-34-6-8-35-9-7-34/h2-5,10-14,16H,6-9,15H2,1H3,(H,32,33)/b23-11-. The Morgan fingerprint density at radius 1 is 1.17 bits per heavy atom. The molecule has 3 aromatic heterocycles. The molecule has 0 bridgehead atoms. The first kappa shape index (κ1) is 24.6. The minimum atomic E-state index is -0.421. The fraction of sp³-hybridized carbons (Fsp3) is 0.269. The maximum atomic E-state index is 15.1. The molecular formula is C26H24Cl2FN5O2. The fourth-order valence-corrected chi connectivity index (χ4v) is 4.79. The maximum Gasteiger partial charge on any atom is 0.134 e. The van der Waals surface area contributed by atoms with Crippen molar-refractivity contribution in [2.75, 3.05) is 26.3 Å². The zero-order valence-electron chi connectivity index (χ0n) is 19.5. The third kappa shape index (κ3) is 5.52. The number of halogens is 3. The number of hydrogen-bond acceptors (Lipinski definition) is 6. The van der Waals surface area contributed by atoms with Gasteiger partial charge in [-0.05, 0) is 37.3 Å². The van der Waals surface area contributed by atoms with Crippen LogP contribution in [-0.4, -0.2) is 51.4 Å². The Bertz CT molecular complexity index is 1370. The minimum Gasteiger partial charge on any atom is -0.486 e. The normalized spacial score (nSPS) is 15.8. The third-order valence-corrected chi connectivity index (χ3v) is 6.63. The van der Waals surface area contributed by atoms with E-state index in [1.807, 2.05) is 13.0 Å². The van der Waals surface area contributed by atoms with E-state index in [1.54, 1.807) is 30.5 Å². The number of pyridine rings is 2. The predicted molar refractivity (Wildman–Crippen MR) is 139 cm³/mol. The first-order chi connectivity index (χ1) is 17.5. The van der Waals surface area contributed by atoms with E-state index >= 15 is 4.39 Å². The first-order valence-electron chi connectivity index (χ1n) is 11.5. The number of rotatable bonds is 7. The second-order valence-electron chi connectivity index (χ2n) is 8.51. The zero-order chi connectivity index (χ0) is 25.1. The highest BCUT2D eigenvalue weighted by Gasteiger charge is 2.17. The Labute approximate surface area is 217 Å². The lowest BCUT2D eigenvalue weighted by molar-refractivity contribution is 0.0336. The molecule has 10 heteroatoms. The lowest BCUT2D eigenvalue weighted by Crippen LogP contribution is -2.35. The Morgan fingerprint density at radius 2 is 1.94 bits per heavy atom. The van der Waals surface area contributed by atoms with E-state index in [1.165, 1.54) is 18.5 Å². The molecule has 0 saturated carbocycles. The van der Waals surface area contributed by atoms with Crippen molar-refractivity contribution in [3.8, 4) is 5.75 Å². The van der Waals surface area contributed by atoms with E-state index in [0.29, 0.717) is 38.1 Å². The molecule has 1 unspecified atom stereocenters. The van der Waals surface area contributed by atoms with E-state index < -0.39 is 11.9 Å². The highest BCUT2D eigenvalue weighted by atomic mass is 35.5. The van der Waals surface area contributed by atoms with E-state index in [4.69, 9.17) is 32.7 Å². The van der Waals surface area contributed by atoms with E-state index in [2.05, 4.69) is 25.1 Å². The zero-order valence-corrected chi connectivity index (χ0v) is 21.1. The lowest BCUT2D eigenvalue weighted by Gasteiger charge is -2.26. The van der Waals surface area contributed by atoms with Crippen LogP contribution >= 0.6 is 23.2 Å². The summed E-state index contributed by atoms with van der Waals surface area (Å²) in [4.78, 5) is 10.7. The van der Waals surface area contributed by atoms with Gasteiger partial charge in [-0.2, -0.15) is 5.10 Å². The molecule has 1 N–H and O–H groups in total. The van der Waals surface area contributed by atoms with Crippen LogP contribution in [0.15, 0.2) is 48.9 Å². The summed E-state index contributed by atoms with van der Waals surface area (Å²) in [5.41, 5.74) is 3.15. The summed E-state index contributed by atoms with van der Waals surface area (Å²) < 4.78 is 26.6. The minimum absolute atomic E-state index is 0.395. The highest BCUT2D eigenvalue weighted by molar-refractivity contribution is 6.35. The molecule has 1 atom stereocenters. The first-order valence-corrected chi connectivity index (χ1v) is 12.3. The van der Waals surface area contributed by atoms with Crippen molar-refractivity contribution in [3.63, 3.8) is 0 Å². The molecule has 1 aliphatic rings. The summed E-state index contributed by atoms with van der Waals surface area (Å²) in [5, 5.41) is 8.75. The van der Waals surface area contributed by atoms with Gasteiger partial charge in [0.1, 0.15) is 17.7 Å². The third-order valence-electron chi connectivity index (χ3n) is 6.03. The molecular weight excluding hydrogens is 504 g/mol. The molecule has 0 spiro atoms. The van der Waals surface area contributed by atoms with Crippen LogP contribution in [0, 0.1) is 0 Å². The molecule has 5 rings (SSSR count). The molecule has 4 heterocycles. The largest absolute Gasteiger partial charge is 0.486 e. The number of fused-ring (bicyclic) bond motifs is 1. The van der Waals surface area contributed by atoms with Crippen molar-refractivity contribution in [2.45, 2.75) is 19.6 Å². The molecule has 36 heavy (non-hydrogen) atoms. The summed E-state index contributed by atoms with van der Waals surface area (Å²) in [5.74, 6) is 0.158. The Balaban J connectivity index is 1.33. The van der Waals surface area contributed by atoms with Crippen LogP contribution in [0.1, 0.15) is 35.5 Å². The van der Waals surface area contributed by atoms with Crippen LogP contribution in [-0.2, 0) is 11.3 Å². The van der Waals surface area contributed by atoms with Gasteiger partial charge in [-0.1, -0.05) is 23.2 Å². The number of H-pyrrole nitrogens is 1. The number of nitrogens with one attached hydrogen (secondary N) is 1. The van der Waals surface area contributed by atoms with Crippen LogP contribution in [0.2, 0.25) is 10.0 Å². The predicted octanol–water partition coefficient (Wildman–Crippen LogP) is 6.10. The average Bonchev–Trinajstić information content (AvgIpc) is 3.27. The van der Waals surface area contributed by atoms with E-state index in [-0.39, 0.29) is 0 Å². The van der Waals surface area contributed by atoms with Crippen molar-refractivity contribution in [2.24, 2.45) is 0 Å². The number of hydrogen-bond donors (Lipinski definition) is 1. The Kier molecular flexibility index (Phi) is 7.48. The van der Waals surface area contributed by atoms with Crippen molar-refractivity contribution in [3.05, 3.63) is 81.5 Å². The van der Waals surface area contributed by atoms with Crippen LogP contribution in [0.3, 0.4) is 0 Å². The average molecular weight is 528 g/mol. The maximum absolute atomic E-state index is 15.1. The Hall–Kier alpha value is -3.04. The second-order valence-corrected chi connectivity index (χ2v) is 9.33. The molecule has 0 amide bonds. The fourth-order valence-electron chi connectivity index (χ4n) is 4.12. The molecule has 0 aliphatic carbocycles. The van der Waals surface area contributed by atoms with Crippen LogP contribution in [0.25, 0.3) is 22.8 Å². The van der Waals surface area contributed by atoms with Crippen LogP contribution in [0.4, 0.5) is 4.39 Å². The molecule has 186 valence electrons. The van der Waals surface area contributed by atoms with Gasteiger partial charge in [0.25, 0.3) is 0 Å². The molecule has 4 aromatic rings. The van der Waals surface area contributed by atoms with Crippen molar-refractivity contribution >= 4 is 46.0 Å². The van der Waals surface area contributed by atoms with Gasteiger partial charge in [0.05, 0.1) is 40.2 Å². The summed E-state index contributed by atoms with van der Waals surface area (Å²) in [6.45, 7) is 5.77.